The van der Waals surface area contributed by atoms with Gasteiger partial charge in [0.2, 0.25) is 5.88 Å². The van der Waals surface area contributed by atoms with Crippen molar-refractivity contribution in [3.63, 3.8) is 0 Å². The fraction of sp³-hybridized carbons (Fsp3) is 0.231. The monoisotopic (exact) mass is 301 g/mol. The minimum atomic E-state index is -0.393. The van der Waals surface area contributed by atoms with Crippen molar-refractivity contribution in [2.75, 3.05) is 0 Å². The van der Waals surface area contributed by atoms with E-state index >= 15 is 0 Å². The predicted octanol–water partition coefficient (Wildman–Crippen LogP) is -0.412. The molecule has 0 atom stereocenters. The Morgan fingerprint density at radius 1 is 1.50 bits per heavy atom. The van der Waals surface area contributed by atoms with Crippen molar-refractivity contribution in [1.29, 1.82) is 0 Å². The Morgan fingerprint density at radius 2 is 2.32 bits per heavy atom. The molecular formula is C13H13N7O2. The Bertz CT molecular complexity index is 956. The lowest BCUT2D eigenvalue weighted by Gasteiger charge is -2.05. The SMILES string of the molecule is [3H]n1ccc(OCc2c(-n3nnn(C)c3=O)cn(C)c2C#C)n1. The van der Waals surface area contributed by atoms with Crippen LogP contribution in [0.5, 0.6) is 5.88 Å². The number of nitrogens with zero attached hydrogens (tertiary/aromatic N) is 6. The van der Waals surface area contributed by atoms with E-state index in [4.69, 9.17) is 12.6 Å². The predicted molar refractivity (Wildman–Crippen MR) is 76.4 cm³/mol. The van der Waals surface area contributed by atoms with E-state index in [1.54, 1.807) is 23.9 Å². The molecule has 0 radical (unpaired) electrons. The van der Waals surface area contributed by atoms with Crippen LogP contribution in [0.25, 0.3) is 5.69 Å². The van der Waals surface area contributed by atoms with Crippen LogP contribution in [-0.2, 0) is 20.7 Å². The van der Waals surface area contributed by atoms with Crippen molar-refractivity contribution in [3.05, 3.63) is 40.2 Å². The third-order valence-electron chi connectivity index (χ3n) is 3.15. The second kappa shape index (κ2) is 5.25. The van der Waals surface area contributed by atoms with Crippen LogP contribution in [0.15, 0.2) is 23.3 Å². The molecular weight excluding hydrogens is 286 g/mol. The first-order valence-corrected chi connectivity index (χ1v) is 6.33. The van der Waals surface area contributed by atoms with Gasteiger partial charge in [-0.15, -0.1) is 11.5 Å². The van der Waals surface area contributed by atoms with Crippen LogP contribution in [-0.4, -0.2) is 34.5 Å². The van der Waals surface area contributed by atoms with Crippen molar-refractivity contribution in [2.45, 2.75) is 6.61 Å². The summed E-state index contributed by atoms with van der Waals surface area (Å²) >= 11 is 0. The minimum Gasteiger partial charge on any atom is -0.472 e. The highest BCUT2D eigenvalue weighted by Gasteiger charge is 2.19. The molecule has 22 heavy (non-hydrogen) atoms. The molecule has 0 bridgehead atoms. The van der Waals surface area contributed by atoms with E-state index in [-0.39, 0.29) is 12.5 Å². The van der Waals surface area contributed by atoms with Crippen molar-refractivity contribution in [3.8, 4) is 23.9 Å². The number of hydrogen-bond acceptors (Lipinski definition) is 5. The zero-order chi connectivity index (χ0) is 16.6. The molecule has 3 heterocycles. The zero-order valence-electron chi connectivity index (χ0n) is 13.0. The van der Waals surface area contributed by atoms with E-state index in [0.29, 0.717) is 16.9 Å². The van der Waals surface area contributed by atoms with Crippen molar-refractivity contribution in [2.24, 2.45) is 14.1 Å². The fourth-order valence-electron chi connectivity index (χ4n) is 2.08. The van der Waals surface area contributed by atoms with Crippen LogP contribution in [0.1, 0.15) is 11.3 Å². The maximum atomic E-state index is 12.1. The largest absolute Gasteiger partial charge is 0.472 e. The van der Waals surface area contributed by atoms with Gasteiger partial charge < -0.3 is 9.30 Å². The average Bonchev–Trinajstić information content (AvgIpc) is 3.17. The highest BCUT2D eigenvalue weighted by molar-refractivity contribution is 5.49. The van der Waals surface area contributed by atoms with E-state index in [1.165, 1.54) is 13.2 Å². The molecule has 0 aromatic carbocycles. The Morgan fingerprint density at radius 3 is 2.91 bits per heavy atom. The van der Waals surface area contributed by atoms with Gasteiger partial charge in [0.15, 0.2) is 1.41 Å². The number of H-pyrrole nitrogens is 1. The first kappa shape index (κ1) is 12.5. The van der Waals surface area contributed by atoms with E-state index in [0.717, 1.165) is 14.5 Å². The van der Waals surface area contributed by atoms with Crippen LogP contribution < -0.4 is 10.4 Å². The quantitative estimate of drug-likeness (QED) is 0.661. The first-order valence-electron chi connectivity index (χ1n) is 6.78. The topological polar surface area (TPSA) is 95.5 Å². The van der Waals surface area contributed by atoms with Gasteiger partial charge in [0.05, 0.1) is 5.69 Å². The third kappa shape index (κ3) is 2.16. The molecule has 1 N–H and O–H groups in total. The smallest absolute Gasteiger partial charge is 0.368 e. The minimum absolute atomic E-state index is 0.0791. The van der Waals surface area contributed by atoms with Gasteiger partial charge in [-0.25, -0.2) is 4.79 Å². The Labute approximate surface area is 126 Å². The molecule has 3 aromatic heterocycles. The maximum absolute atomic E-state index is 12.1. The number of hydrogen-bond donors (Lipinski definition) is 1. The lowest BCUT2D eigenvalue weighted by atomic mass is 10.2. The number of terminal acetylenes is 1. The molecule has 0 fully saturated rings. The summed E-state index contributed by atoms with van der Waals surface area (Å²) in [6.45, 7) is 0.0791. The standard InChI is InChI=1S/C13H13N7O2/c1-4-10-9(8-22-12-5-6-14-15-12)11(7-18(10)2)20-13(21)19(3)16-17-20/h1,5-7H,8H2,2-3H3,(H,14,15)/i/hT. The summed E-state index contributed by atoms with van der Waals surface area (Å²) < 4.78 is 16.8. The van der Waals surface area contributed by atoms with Gasteiger partial charge in [-0.05, 0) is 10.4 Å². The molecule has 3 rings (SSSR count). The van der Waals surface area contributed by atoms with Gasteiger partial charge in [0, 0.05) is 38.1 Å². The summed E-state index contributed by atoms with van der Waals surface area (Å²) in [5.41, 5.74) is 1.26. The molecule has 9 nitrogen and oxygen atoms in total. The summed E-state index contributed by atoms with van der Waals surface area (Å²) in [6, 6.07) is 1.56. The Kier molecular flexibility index (Phi) is 2.97. The van der Waals surface area contributed by atoms with Gasteiger partial charge in [0.1, 0.15) is 12.3 Å². The third-order valence-corrected chi connectivity index (χ3v) is 3.15. The molecule has 0 spiro atoms. The normalized spacial score (nSPS) is 11.2. The van der Waals surface area contributed by atoms with Crippen molar-refractivity contribution >= 4 is 0 Å². The summed E-state index contributed by atoms with van der Waals surface area (Å²) in [6.07, 6.45) is 8.68. The number of tetrazole rings is 1. The van der Waals surface area contributed by atoms with Gasteiger partial charge in [-0.2, -0.15) is 9.36 Å². The van der Waals surface area contributed by atoms with Crippen LogP contribution in [0.4, 0.5) is 0 Å². The van der Waals surface area contributed by atoms with Crippen molar-refractivity contribution in [1.82, 2.24) is 34.5 Å². The highest BCUT2D eigenvalue weighted by atomic mass is 16.5. The lowest BCUT2D eigenvalue weighted by Crippen LogP contribution is -2.22. The second-order valence-electron chi connectivity index (χ2n) is 4.55. The van der Waals surface area contributed by atoms with Gasteiger partial charge in [-0.1, -0.05) is 5.92 Å². The van der Waals surface area contributed by atoms with E-state index < -0.39 is 5.69 Å². The van der Waals surface area contributed by atoms with Crippen LogP contribution in [0, 0.1) is 12.3 Å². The van der Waals surface area contributed by atoms with E-state index in [9.17, 15) is 4.79 Å². The molecule has 0 saturated carbocycles. The molecule has 112 valence electrons. The fourth-order valence-corrected chi connectivity index (χ4v) is 2.08. The van der Waals surface area contributed by atoms with Gasteiger partial charge in [0.25, 0.3) is 0 Å². The number of ether oxygens (including phenoxy) is 1. The van der Waals surface area contributed by atoms with E-state index in [2.05, 4.69) is 21.4 Å². The van der Waals surface area contributed by atoms with Crippen LogP contribution >= 0.6 is 0 Å². The van der Waals surface area contributed by atoms with Crippen LogP contribution in [0.3, 0.4) is 0 Å². The molecule has 0 saturated heterocycles. The molecule has 0 aliphatic carbocycles. The molecule has 0 aliphatic rings. The molecule has 0 aliphatic heterocycles. The summed E-state index contributed by atoms with van der Waals surface area (Å²) in [7, 11) is 3.27. The summed E-state index contributed by atoms with van der Waals surface area (Å²) in [4.78, 5) is 12.1. The zero-order valence-corrected chi connectivity index (χ0v) is 12.0. The number of aromatic amines is 1. The van der Waals surface area contributed by atoms with E-state index in [1.807, 2.05) is 0 Å². The maximum Gasteiger partial charge on any atom is 0.368 e. The molecule has 3 aromatic rings. The number of rotatable bonds is 4. The first-order chi connectivity index (χ1) is 11.0. The average molecular weight is 301 g/mol. The number of aromatic nitrogens is 7. The number of nitrogens with one attached hydrogen (secondary N) is 1. The summed E-state index contributed by atoms with van der Waals surface area (Å²) in [5.74, 6) is 2.85. The molecule has 9 heteroatoms. The lowest BCUT2D eigenvalue weighted by molar-refractivity contribution is 0.292. The Hall–Kier alpha value is -3.28. The Balaban J connectivity index is 2.02. The van der Waals surface area contributed by atoms with Gasteiger partial charge in [-0.3, -0.25) is 5.09 Å². The number of aryl methyl sites for hydroxylation is 2. The van der Waals surface area contributed by atoms with Crippen LogP contribution in [0.2, 0.25) is 1.41 Å². The van der Waals surface area contributed by atoms with Crippen molar-refractivity contribution < 1.29 is 6.15 Å². The second-order valence-corrected chi connectivity index (χ2v) is 4.55. The molecule has 0 unspecified atom stereocenters. The highest BCUT2D eigenvalue weighted by Crippen LogP contribution is 2.20. The molecule has 0 amide bonds. The summed E-state index contributed by atoms with van der Waals surface area (Å²) in [5, 5.41) is 12.2. The van der Waals surface area contributed by atoms with Gasteiger partial charge >= 0.3 is 5.69 Å².